The molecule has 1 atom stereocenters. The van der Waals surface area contributed by atoms with Gasteiger partial charge in [0, 0.05) is 44.0 Å². The SMILES string of the molecule is Cc1nnc(-c2ccc(C(=O)N3CCCC3c3nccn3C)cc2)o1. The molecule has 4 rings (SSSR count). The van der Waals surface area contributed by atoms with Gasteiger partial charge in [-0.15, -0.1) is 10.2 Å². The Morgan fingerprint density at radius 3 is 2.68 bits per heavy atom. The van der Waals surface area contributed by atoms with E-state index in [0.29, 0.717) is 17.3 Å². The highest BCUT2D eigenvalue weighted by Crippen LogP contribution is 2.32. The van der Waals surface area contributed by atoms with Crippen LogP contribution in [-0.4, -0.2) is 37.1 Å². The second kappa shape index (κ2) is 6.16. The number of hydrogen-bond donors (Lipinski definition) is 0. The number of hydrogen-bond acceptors (Lipinski definition) is 5. The number of amides is 1. The van der Waals surface area contributed by atoms with Crippen molar-refractivity contribution >= 4 is 5.91 Å². The van der Waals surface area contributed by atoms with Crippen LogP contribution in [0.4, 0.5) is 0 Å². The molecule has 1 aliphatic rings. The molecule has 1 fully saturated rings. The zero-order valence-corrected chi connectivity index (χ0v) is 14.2. The van der Waals surface area contributed by atoms with Crippen molar-refractivity contribution in [3.63, 3.8) is 0 Å². The molecule has 3 aromatic rings. The summed E-state index contributed by atoms with van der Waals surface area (Å²) in [7, 11) is 1.96. The monoisotopic (exact) mass is 337 g/mol. The number of imidazole rings is 1. The predicted molar refractivity (Wildman–Crippen MR) is 90.7 cm³/mol. The van der Waals surface area contributed by atoms with Gasteiger partial charge in [-0.05, 0) is 37.1 Å². The lowest BCUT2D eigenvalue weighted by Crippen LogP contribution is -2.31. The number of likely N-dealkylation sites (tertiary alicyclic amines) is 1. The van der Waals surface area contributed by atoms with Gasteiger partial charge in [-0.3, -0.25) is 4.79 Å². The minimum absolute atomic E-state index is 0.0266. The predicted octanol–water partition coefficient (Wildman–Crippen LogP) is 2.76. The average molecular weight is 337 g/mol. The van der Waals surface area contributed by atoms with Gasteiger partial charge in [0.1, 0.15) is 5.82 Å². The molecule has 1 saturated heterocycles. The van der Waals surface area contributed by atoms with Gasteiger partial charge in [-0.1, -0.05) is 0 Å². The van der Waals surface area contributed by atoms with Gasteiger partial charge in [0.2, 0.25) is 11.8 Å². The number of aromatic nitrogens is 4. The van der Waals surface area contributed by atoms with Crippen molar-refractivity contribution in [2.75, 3.05) is 6.54 Å². The summed E-state index contributed by atoms with van der Waals surface area (Å²) in [5.41, 5.74) is 1.46. The average Bonchev–Trinajstić information content (AvgIpc) is 3.35. The maximum absolute atomic E-state index is 13.0. The first-order chi connectivity index (χ1) is 12.1. The second-order valence-electron chi connectivity index (χ2n) is 6.26. The van der Waals surface area contributed by atoms with Crippen LogP contribution in [0, 0.1) is 6.92 Å². The molecular formula is C18H19N5O2. The fraction of sp³-hybridized carbons (Fsp3) is 0.333. The Kier molecular flexibility index (Phi) is 3.83. The van der Waals surface area contributed by atoms with Crippen molar-refractivity contribution in [2.24, 2.45) is 7.05 Å². The first-order valence-corrected chi connectivity index (χ1v) is 8.32. The van der Waals surface area contributed by atoms with Gasteiger partial charge in [-0.25, -0.2) is 4.98 Å². The molecular weight excluding hydrogens is 318 g/mol. The molecule has 0 radical (unpaired) electrons. The van der Waals surface area contributed by atoms with E-state index >= 15 is 0 Å². The zero-order valence-electron chi connectivity index (χ0n) is 14.2. The molecule has 7 nitrogen and oxygen atoms in total. The van der Waals surface area contributed by atoms with Crippen molar-refractivity contribution in [3.8, 4) is 11.5 Å². The Bertz CT molecular complexity index is 896. The van der Waals surface area contributed by atoms with Gasteiger partial charge in [0.25, 0.3) is 5.91 Å². The number of rotatable bonds is 3. The zero-order chi connectivity index (χ0) is 17.4. The number of nitrogens with zero attached hydrogens (tertiary/aromatic N) is 5. The molecule has 1 aliphatic heterocycles. The maximum atomic E-state index is 13.0. The van der Waals surface area contributed by atoms with Gasteiger partial charge in [0.15, 0.2) is 0 Å². The van der Waals surface area contributed by atoms with Crippen molar-refractivity contribution in [1.29, 1.82) is 0 Å². The molecule has 0 bridgehead atoms. The normalized spacial score (nSPS) is 17.2. The molecule has 1 aromatic carbocycles. The molecule has 2 aromatic heterocycles. The number of benzene rings is 1. The maximum Gasteiger partial charge on any atom is 0.254 e. The smallest absolute Gasteiger partial charge is 0.254 e. The third-order valence-corrected chi connectivity index (χ3v) is 4.57. The largest absolute Gasteiger partial charge is 0.421 e. The molecule has 128 valence electrons. The molecule has 1 unspecified atom stereocenters. The van der Waals surface area contributed by atoms with Gasteiger partial charge in [0.05, 0.1) is 6.04 Å². The summed E-state index contributed by atoms with van der Waals surface area (Å²) in [6, 6.07) is 7.33. The fourth-order valence-electron chi connectivity index (χ4n) is 3.31. The lowest BCUT2D eigenvalue weighted by molar-refractivity contribution is 0.0728. The third kappa shape index (κ3) is 2.82. The number of carbonyl (C=O) groups is 1. The van der Waals surface area contributed by atoms with Gasteiger partial charge in [-0.2, -0.15) is 0 Å². The summed E-state index contributed by atoms with van der Waals surface area (Å²) in [5, 5.41) is 7.83. The van der Waals surface area contributed by atoms with E-state index in [1.807, 2.05) is 47.0 Å². The minimum Gasteiger partial charge on any atom is -0.421 e. The molecule has 0 N–H and O–H groups in total. The summed E-state index contributed by atoms with van der Waals surface area (Å²) >= 11 is 0. The third-order valence-electron chi connectivity index (χ3n) is 4.57. The molecule has 0 aliphatic carbocycles. The quantitative estimate of drug-likeness (QED) is 0.734. The van der Waals surface area contributed by atoms with Crippen molar-refractivity contribution in [3.05, 3.63) is 53.9 Å². The van der Waals surface area contributed by atoms with E-state index in [1.54, 1.807) is 13.1 Å². The van der Waals surface area contributed by atoms with E-state index < -0.39 is 0 Å². The molecule has 0 spiro atoms. The molecule has 7 heteroatoms. The Morgan fingerprint density at radius 2 is 2.04 bits per heavy atom. The highest BCUT2D eigenvalue weighted by Gasteiger charge is 2.32. The summed E-state index contributed by atoms with van der Waals surface area (Å²) < 4.78 is 7.40. The fourth-order valence-corrected chi connectivity index (χ4v) is 3.31. The Morgan fingerprint density at radius 1 is 1.24 bits per heavy atom. The van der Waals surface area contributed by atoms with Crippen LogP contribution in [0.2, 0.25) is 0 Å². The first kappa shape index (κ1) is 15.6. The summed E-state index contributed by atoms with van der Waals surface area (Å²) in [4.78, 5) is 19.3. The van der Waals surface area contributed by atoms with Crippen LogP contribution in [0.1, 0.15) is 41.0 Å². The summed E-state index contributed by atoms with van der Waals surface area (Å²) in [6.07, 6.45) is 5.62. The highest BCUT2D eigenvalue weighted by molar-refractivity contribution is 5.95. The van der Waals surface area contributed by atoms with Crippen LogP contribution in [0.25, 0.3) is 11.5 Å². The van der Waals surface area contributed by atoms with E-state index in [1.165, 1.54) is 0 Å². The van der Waals surface area contributed by atoms with E-state index in [2.05, 4.69) is 15.2 Å². The van der Waals surface area contributed by atoms with Crippen LogP contribution < -0.4 is 0 Å². The molecule has 25 heavy (non-hydrogen) atoms. The standard InChI is InChI=1S/C18H19N5O2/c1-12-20-21-17(25-12)13-5-7-14(8-6-13)18(24)23-10-3-4-15(23)16-19-9-11-22(16)2/h5-9,11,15H,3-4,10H2,1-2H3. The van der Waals surface area contributed by atoms with Crippen LogP contribution >= 0.6 is 0 Å². The Labute approximate surface area is 145 Å². The topological polar surface area (TPSA) is 77.1 Å². The van der Waals surface area contributed by atoms with Gasteiger partial charge < -0.3 is 13.9 Å². The van der Waals surface area contributed by atoms with Crippen molar-refractivity contribution < 1.29 is 9.21 Å². The first-order valence-electron chi connectivity index (χ1n) is 8.32. The van der Waals surface area contributed by atoms with Crippen LogP contribution in [0.5, 0.6) is 0 Å². The number of aryl methyl sites for hydroxylation is 2. The summed E-state index contributed by atoms with van der Waals surface area (Å²) in [6.45, 7) is 2.50. The molecule has 3 heterocycles. The van der Waals surface area contributed by atoms with Crippen LogP contribution in [-0.2, 0) is 7.05 Å². The van der Waals surface area contributed by atoms with Crippen LogP contribution in [0.15, 0.2) is 41.1 Å². The molecule has 1 amide bonds. The number of carbonyl (C=O) groups excluding carboxylic acids is 1. The van der Waals surface area contributed by atoms with Crippen LogP contribution in [0.3, 0.4) is 0 Å². The minimum atomic E-state index is 0.0266. The van der Waals surface area contributed by atoms with Gasteiger partial charge >= 0.3 is 0 Å². The van der Waals surface area contributed by atoms with E-state index in [4.69, 9.17) is 4.42 Å². The highest BCUT2D eigenvalue weighted by atomic mass is 16.4. The van der Waals surface area contributed by atoms with E-state index in [9.17, 15) is 4.79 Å². The van der Waals surface area contributed by atoms with Crippen molar-refractivity contribution in [2.45, 2.75) is 25.8 Å². The Hall–Kier alpha value is -2.96. The lowest BCUT2D eigenvalue weighted by Gasteiger charge is -2.24. The second-order valence-corrected chi connectivity index (χ2v) is 6.26. The summed E-state index contributed by atoms with van der Waals surface area (Å²) in [5.74, 6) is 1.94. The Balaban J connectivity index is 1.57. The van der Waals surface area contributed by atoms with Crippen molar-refractivity contribution in [1.82, 2.24) is 24.6 Å². The van der Waals surface area contributed by atoms with E-state index in [0.717, 1.165) is 30.8 Å². The molecule has 0 saturated carbocycles. The van der Waals surface area contributed by atoms with E-state index in [-0.39, 0.29) is 11.9 Å². The lowest BCUT2D eigenvalue weighted by atomic mass is 10.1.